The van der Waals surface area contributed by atoms with Crippen molar-refractivity contribution >= 4 is 35.2 Å². The van der Waals surface area contributed by atoms with Crippen molar-refractivity contribution in [3.63, 3.8) is 0 Å². The lowest BCUT2D eigenvalue weighted by molar-refractivity contribution is -0.155. The number of amides is 2. The Morgan fingerprint density at radius 1 is 1.36 bits per heavy atom. The number of halogens is 2. The van der Waals surface area contributed by atoms with Gasteiger partial charge in [-0.05, 0) is 30.5 Å². The summed E-state index contributed by atoms with van der Waals surface area (Å²) in [5, 5.41) is 3.98. The fourth-order valence-electron chi connectivity index (χ4n) is 3.60. The summed E-state index contributed by atoms with van der Waals surface area (Å²) in [6, 6.07) is 5.31. The lowest BCUT2D eigenvalue weighted by Gasteiger charge is -2.47. The number of carbonyl (C=O) groups is 2. The fourth-order valence-corrected chi connectivity index (χ4v) is 4.06. The third-order valence-corrected chi connectivity index (χ3v) is 5.71. The molecule has 0 aromatic heterocycles. The number of alkyl carbamates (subject to hydrolysis) is 1. The van der Waals surface area contributed by atoms with Crippen LogP contribution < -0.4 is 5.32 Å². The molecule has 1 saturated carbocycles. The quantitative estimate of drug-likeness (QED) is 0.865. The molecular formula is C17H18Cl2N2O4. The summed E-state index contributed by atoms with van der Waals surface area (Å²) in [5.41, 5.74) is 0.567. The third-order valence-electron chi connectivity index (χ3n) is 5.12. The monoisotopic (exact) mass is 384 g/mol. The summed E-state index contributed by atoms with van der Waals surface area (Å²) < 4.78 is 10.7. The molecule has 6 nitrogen and oxygen atoms in total. The van der Waals surface area contributed by atoms with Gasteiger partial charge in [0.2, 0.25) is 5.91 Å². The number of cyclic esters (lactones) is 1. The van der Waals surface area contributed by atoms with Gasteiger partial charge in [-0.3, -0.25) is 4.79 Å². The Morgan fingerprint density at radius 2 is 2.12 bits per heavy atom. The number of hydrogen-bond acceptors (Lipinski definition) is 4. The summed E-state index contributed by atoms with van der Waals surface area (Å²) in [5.74, 6) is 0.102. The third kappa shape index (κ3) is 3.30. The van der Waals surface area contributed by atoms with Crippen LogP contribution in [0.4, 0.5) is 4.79 Å². The van der Waals surface area contributed by atoms with Crippen molar-refractivity contribution in [1.82, 2.24) is 10.2 Å². The molecule has 2 heterocycles. The standard InChI is InChI=1S/C17H18Cl2N2O4/c18-12-2-1-10(14(19)3-12)8-24-13-6-21(7-13)15(22)11-4-17(5-11)9-25-16(23)20-17/h1-3,11,13H,4-9H2,(H,20,23)/t11-,17+. The highest BCUT2D eigenvalue weighted by atomic mass is 35.5. The zero-order chi connectivity index (χ0) is 17.6. The van der Waals surface area contributed by atoms with Crippen LogP contribution in [-0.4, -0.2) is 48.2 Å². The minimum absolute atomic E-state index is 0.0271. The van der Waals surface area contributed by atoms with E-state index in [2.05, 4.69) is 5.32 Å². The summed E-state index contributed by atoms with van der Waals surface area (Å²) in [6.45, 7) is 1.95. The van der Waals surface area contributed by atoms with Crippen LogP contribution in [0, 0.1) is 5.92 Å². The molecule has 2 amide bonds. The Morgan fingerprint density at radius 3 is 2.76 bits per heavy atom. The minimum atomic E-state index is -0.385. The molecule has 3 fully saturated rings. The Bertz CT molecular complexity index is 715. The predicted octanol–water partition coefficient (Wildman–Crippen LogP) is 2.61. The molecule has 8 heteroatoms. The molecule has 1 spiro atoms. The number of nitrogens with zero attached hydrogens (tertiary/aromatic N) is 1. The van der Waals surface area contributed by atoms with E-state index in [1.54, 1.807) is 12.1 Å². The van der Waals surface area contributed by atoms with Gasteiger partial charge in [0.1, 0.15) is 6.61 Å². The summed E-state index contributed by atoms with van der Waals surface area (Å²) in [7, 11) is 0. The molecule has 0 atom stereocenters. The van der Waals surface area contributed by atoms with Gasteiger partial charge in [0.25, 0.3) is 0 Å². The zero-order valence-corrected chi connectivity index (χ0v) is 15.0. The van der Waals surface area contributed by atoms with Crippen LogP contribution >= 0.6 is 23.2 Å². The Hall–Kier alpha value is -1.50. The van der Waals surface area contributed by atoms with Crippen molar-refractivity contribution in [2.24, 2.45) is 5.92 Å². The smallest absolute Gasteiger partial charge is 0.407 e. The molecular weight excluding hydrogens is 367 g/mol. The molecule has 1 aromatic rings. The number of rotatable bonds is 4. The first kappa shape index (κ1) is 16.9. The molecule has 1 N–H and O–H groups in total. The van der Waals surface area contributed by atoms with Crippen molar-refractivity contribution in [3.8, 4) is 0 Å². The number of carbonyl (C=O) groups excluding carboxylic acids is 2. The topological polar surface area (TPSA) is 67.9 Å². The van der Waals surface area contributed by atoms with Gasteiger partial charge in [-0.15, -0.1) is 0 Å². The number of likely N-dealkylation sites (tertiary alicyclic amines) is 1. The predicted molar refractivity (Wildman–Crippen MR) is 91.6 cm³/mol. The van der Waals surface area contributed by atoms with Crippen LogP contribution in [0.25, 0.3) is 0 Å². The summed E-state index contributed by atoms with van der Waals surface area (Å²) in [4.78, 5) is 25.4. The fraction of sp³-hybridized carbons (Fsp3) is 0.529. The molecule has 2 aliphatic heterocycles. The molecule has 0 unspecified atom stereocenters. The highest BCUT2D eigenvalue weighted by Gasteiger charge is 2.54. The van der Waals surface area contributed by atoms with E-state index in [1.807, 2.05) is 11.0 Å². The molecule has 3 aliphatic rings. The lowest BCUT2D eigenvalue weighted by Crippen LogP contribution is -2.62. The molecule has 0 radical (unpaired) electrons. The molecule has 1 aromatic carbocycles. The van der Waals surface area contributed by atoms with Crippen LogP contribution in [-0.2, 0) is 20.9 Å². The van der Waals surface area contributed by atoms with Gasteiger partial charge in [-0.1, -0.05) is 29.3 Å². The van der Waals surface area contributed by atoms with E-state index in [-0.39, 0.29) is 29.6 Å². The second-order valence-electron chi connectivity index (χ2n) is 7.00. The number of hydrogen-bond donors (Lipinski definition) is 1. The molecule has 0 bridgehead atoms. The van der Waals surface area contributed by atoms with Crippen molar-refractivity contribution in [2.45, 2.75) is 31.1 Å². The second-order valence-corrected chi connectivity index (χ2v) is 7.84. The molecule has 2 saturated heterocycles. The van der Waals surface area contributed by atoms with Gasteiger partial charge in [-0.2, -0.15) is 0 Å². The first-order valence-electron chi connectivity index (χ1n) is 8.23. The van der Waals surface area contributed by atoms with E-state index in [0.717, 1.165) is 5.56 Å². The minimum Gasteiger partial charge on any atom is -0.447 e. The van der Waals surface area contributed by atoms with Crippen LogP contribution in [0.1, 0.15) is 18.4 Å². The van der Waals surface area contributed by atoms with Gasteiger partial charge in [-0.25, -0.2) is 4.79 Å². The summed E-state index contributed by atoms with van der Waals surface area (Å²) >= 11 is 12.0. The van der Waals surface area contributed by atoms with E-state index in [0.29, 0.717) is 49.2 Å². The second kappa shape index (κ2) is 6.34. The average Bonchev–Trinajstić information content (AvgIpc) is 2.88. The van der Waals surface area contributed by atoms with Crippen LogP contribution in [0.15, 0.2) is 18.2 Å². The van der Waals surface area contributed by atoms with Crippen LogP contribution in [0.5, 0.6) is 0 Å². The van der Waals surface area contributed by atoms with E-state index in [4.69, 9.17) is 32.7 Å². The maximum Gasteiger partial charge on any atom is 0.407 e. The normalized spacial score (nSPS) is 28.3. The van der Waals surface area contributed by atoms with Gasteiger partial charge < -0.3 is 19.7 Å². The van der Waals surface area contributed by atoms with Crippen LogP contribution in [0.2, 0.25) is 10.0 Å². The van der Waals surface area contributed by atoms with E-state index in [9.17, 15) is 9.59 Å². The maximum absolute atomic E-state index is 12.4. The van der Waals surface area contributed by atoms with E-state index >= 15 is 0 Å². The van der Waals surface area contributed by atoms with Crippen molar-refractivity contribution in [3.05, 3.63) is 33.8 Å². The summed E-state index contributed by atoms with van der Waals surface area (Å²) in [6.07, 6.45) is 0.948. The molecule has 25 heavy (non-hydrogen) atoms. The van der Waals surface area contributed by atoms with Gasteiger partial charge >= 0.3 is 6.09 Å². The number of nitrogens with one attached hydrogen (secondary N) is 1. The van der Waals surface area contributed by atoms with E-state index in [1.165, 1.54) is 0 Å². The average molecular weight is 385 g/mol. The first-order valence-corrected chi connectivity index (χ1v) is 8.99. The van der Waals surface area contributed by atoms with Crippen molar-refractivity contribution in [1.29, 1.82) is 0 Å². The number of ether oxygens (including phenoxy) is 2. The lowest BCUT2D eigenvalue weighted by atomic mass is 9.68. The Kier molecular flexibility index (Phi) is 4.30. The number of benzene rings is 1. The maximum atomic E-state index is 12.4. The van der Waals surface area contributed by atoms with Crippen molar-refractivity contribution in [2.75, 3.05) is 19.7 Å². The molecule has 134 valence electrons. The van der Waals surface area contributed by atoms with E-state index < -0.39 is 0 Å². The zero-order valence-electron chi connectivity index (χ0n) is 13.5. The molecule has 1 aliphatic carbocycles. The Labute approximate surface area is 155 Å². The van der Waals surface area contributed by atoms with Gasteiger partial charge in [0.15, 0.2) is 0 Å². The van der Waals surface area contributed by atoms with Crippen LogP contribution in [0.3, 0.4) is 0 Å². The van der Waals surface area contributed by atoms with Gasteiger partial charge in [0.05, 0.1) is 18.2 Å². The largest absolute Gasteiger partial charge is 0.447 e. The molecule has 4 rings (SSSR count). The van der Waals surface area contributed by atoms with Gasteiger partial charge in [0, 0.05) is 29.1 Å². The first-order chi connectivity index (χ1) is 11.9. The van der Waals surface area contributed by atoms with Crippen molar-refractivity contribution < 1.29 is 19.1 Å². The highest BCUT2D eigenvalue weighted by molar-refractivity contribution is 6.35. The SMILES string of the molecule is O=C1N[C@]2(CO1)C[C@H](C(=O)N1CC(OCc3ccc(Cl)cc3Cl)C1)C2. The Balaban J connectivity index is 1.20. The highest BCUT2D eigenvalue weighted by Crippen LogP contribution is 2.42.